The van der Waals surface area contributed by atoms with Crippen LogP contribution in [0.4, 0.5) is 10.7 Å². The lowest BCUT2D eigenvalue weighted by molar-refractivity contribution is -0.402. The highest BCUT2D eigenvalue weighted by Crippen LogP contribution is 2.30. The summed E-state index contributed by atoms with van der Waals surface area (Å²) < 4.78 is 9.66. The van der Waals surface area contributed by atoms with Gasteiger partial charge in [0.1, 0.15) is 16.7 Å². The summed E-state index contributed by atoms with van der Waals surface area (Å²) in [6.45, 7) is 1.52. The fraction of sp³-hybridized carbons (Fsp3) is 0.273. The molecule has 20 heavy (non-hydrogen) atoms. The van der Waals surface area contributed by atoms with Gasteiger partial charge in [0.2, 0.25) is 0 Å². The molecule has 2 amide bonds. The second kappa shape index (κ2) is 5.03. The lowest BCUT2D eigenvalue weighted by atomic mass is 10.0. The molecule has 0 saturated carbocycles. The third-order valence-electron chi connectivity index (χ3n) is 2.75. The van der Waals surface area contributed by atoms with Gasteiger partial charge in [-0.1, -0.05) is 0 Å². The van der Waals surface area contributed by atoms with Gasteiger partial charge >= 0.3 is 17.9 Å². The van der Waals surface area contributed by atoms with E-state index < -0.39 is 28.8 Å². The van der Waals surface area contributed by atoms with Gasteiger partial charge in [-0.25, -0.2) is 9.59 Å². The first kappa shape index (κ1) is 13.6. The molecule has 0 aliphatic carbocycles. The molecule has 1 aliphatic rings. The van der Waals surface area contributed by atoms with Crippen molar-refractivity contribution < 1.29 is 23.7 Å². The molecule has 2 heterocycles. The van der Waals surface area contributed by atoms with E-state index in [2.05, 4.69) is 15.4 Å². The third kappa shape index (κ3) is 2.32. The van der Waals surface area contributed by atoms with E-state index in [1.165, 1.54) is 20.1 Å². The van der Waals surface area contributed by atoms with Crippen molar-refractivity contribution in [1.82, 2.24) is 10.6 Å². The molecule has 0 radical (unpaired) electrons. The Labute approximate surface area is 112 Å². The van der Waals surface area contributed by atoms with Crippen molar-refractivity contribution >= 4 is 17.9 Å². The molecule has 1 aromatic heterocycles. The molecule has 1 aliphatic heterocycles. The van der Waals surface area contributed by atoms with E-state index in [0.29, 0.717) is 5.70 Å². The molecule has 0 unspecified atom stereocenters. The fourth-order valence-corrected chi connectivity index (χ4v) is 1.88. The molecule has 0 fully saturated rings. The van der Waals surface area contributed by atoms with E-state index in [-0.39, 0.29) is 11.3 Å². The molecule has 2 rings (SSSR count). The zero-order valence-corrected chi connectivity index (χ0v) is 10.6. The molecule has 106 valence electrons. The Balaban J connectivity index is 2.45. The minimum atomic E-state index is -0.940. The van der Waals surface area contributed by atoms with Crippen molar-refractivity contribution in [3.8, 4) is 0 Å². The summed E-state index contributed by atoms with van der Waals surface area (Å²) in [7, 11) is 1.20. The molecule has 0 spiro atoms. The molecule has 0 aromatic carbocycles. The number of furan rings is 1. The average molecular weight is 281 g/mol. The standard InChI is InChI=1S/C11H11N3O6/c1-5-8(10(15)19-2)9(13-11(16)12-5)6-3-4-7(20-6)14(17)18/h3-4,9H,1-2H3,(H2,12,13,16)/t9-/m0/s1. The highest BCUT2D eigenvalue weighted by Gasteiger charge is 2.34. The van der Waals surface area contributed by atoms with Crippen molar-refractivity contribution in [2.75, 3.05) is 7.11 Å². The predicted molar refractivity (Wildman–Crippen MR) is 64.5 cm³/mol. The van der Waals surface area contributed by atoms with E-state index in [1.54, 1.807) is 0 Å². The number of carbonyl (C=O) groups is 2. The lowest BCUT2D eigenvalue weighted by Gasteiger charge is -2.25. The number of nitro groups is 1. The maximum absolute atomic E-state index is 11.8. The van der Waals surface area contributed by atoms with Crippen molar-refractivity contribution in [3.05, 3.63) is 39.3 Å². The van der Waals surface area contributed by atoms with Gasteiger partial charge < -0.3 is 19.8 Å². The topological polar surface area (TPSA) is 124 Å². The van der Waals surface area contributed by atoms with Crippen LogP contribution in [0.2, 0.25) is 0 Å². The van der Waals surface area contributed by atoms with E-state index in [9.17, 15) is 19.7 Å². The number of methoxy groups -OCH3 is 1. The molecule has 2 N–H and O–H groups in total. The predicted octanol–water partition coefficient (Wildman–Crippen LogP) is 0.989. The van der Waals surface area contributed by atoms with Crippen LogP contribution in [0.1, 0.15) is 18.7 Å². The smallest absolute Gasteiger partial charge is 0.433 e. The number of urea groups is 1. The van der Waals surface area contributed by atoms with Gasteiger partial charge in [0.05, 0.1) is 18.7 Å². The molecular formula is C11H11N3O6. The first-order valence-electron chi connectivity index (χ1n) is 5.54. The Morgan fingerprint density at radius 1 is 1.50 bits per heavy atom. The van der Waals surface area contributed by atoms with Gasteiger partial charge in [0.15, 0.2) is 0 Å². The minimum Gasteiger partial charge on any atom is -0.466 e. The van der Waals surface area contributed by atoms with Gasteiger partial charge in [-0.15, -0.1) is 0 Å². The second-order valence-corrected chi connectivity index (χ2v) is 3.99. The van der Waals surface area contributed by atoms with Crippen LogP contribution in [0.15, 0.2) is 27.8 Å². The number of ether oxygens (including phenoxy) is 1. The summed E-state index contributed by atoms with van der Waals surface area (Å²) in [4.78, 5) is 33.1. The maximum Gasteiger partial charge on any atom is 0.433 e. The summed E-state index contributed by atoms with van der Waals surface area (Å²) in [6, 6.07) is 0.988. The van der Waals surface area contributed by atoms with Crippen LogP contribution in [-0.4, -0.2) is 24.0 Å². The Kier molecular flexibility index (Phi) is 3.42. The molecule has 0 bridgehead atoms. The zero-order valence-electron chi connectivity index (χ0n) is 10.6. The number of allylic oxidation sites excluding steroid dienone is 1. The van der Waals surface area contributed by atoms with Gasteiger partial charge in [0, 0.05) is 5.70 Å². The van der Waals surface area contributed by atoms with E-state index in [1.807, 2.05) is 0 Å². The molecule has 1 aromatic rings. The first-order chi connectivity index (χ1) is 9.43. The molecule has 1 atom stereocenters. The molecule has 0 saturated heterocycles. The minimum absolute atomic E-state index is 0.0753. The number of amides is 2. The number of rotatable bonds is 3. The number of carbonyl (C=O) groups excluding carboxylic acids is 2. The summed E-state index contributed by atoms with van der Waals surface area (Å²) >= 11 is 0. The van der Waals surface area contributed by atoms with Gasteiger partial charge in [0.25, 0.3) is 0 Å². The molecular weight excluding hydrogens is 270 g/mol. The third-order valence-corrected chi connectivity index (χ3v) is 2.75. The highest BCUT2D eigenvalue weighted by molar-refractivity contribution is 5.94. The Hall–Kier alpha value is -2.84. The summed E-state index contributed by atoms with van der Waals surface area (Å²) in [5.41, 5.74) is 0.418. The quantitative estimate of drug-likeness (QED) is 0.483. The second-order valence-electron chi connectivity index (χ2n) is 3.99. The number of hydrogen-bond acceptors (Lipinski definition) is 6. The van der Waals surface area contributed by atoms with E-state index >= 15 is 0 Å². The summed E-state index contributed by atoms with van der Waals surface area (Å²) in [5.74, 6) is -1.07. The normalized spacial score (nSPS) is 18.3. The van der Waals surface area contributed by atoms with Gasteiger partial charge in [-0.2, -0.15) is 0 Å². The van der Waals surface area contributed by atoms with Crippen LogP contribution in [0.3, 0.4) is 0 Å². The van der Waals surface area contributed by atoms with Gasteiger partial charge in [-0.3, -0.25) is 10.1 Å². The summed E-state index contributed by atoms with van der Waals surface area (Å²) in [6.07, 6.45) is 0. The Bertz CT molecular complexity index is 617. The van der Waals surface area contributed by atoms with Crippen LogP contribution in [0.25, 0.3) is 0 Å². The number of nitrogens with one attached hydrogen (secondary N) is 2. The number of esters is 1. The summed E-state index contributed by atoms with van der Waals surface area (Å²) in [5, 5.41) is 15.5. The van der Waals surface area contributed by atoms with Crippen LogP contribution in [-0.2, 0) is 9.53 Å². The highest BCUT2D eigenvalue weighted by atomic mass is 16.6. The zero-order chi connectivity index (χ0) is 14.9. The lowest BCUT2D eigenvalue weighted by Crippen LogP contribution is -2.45. The Morgan fingerprint density at radius 3 is 2.75 bits per heavy atom. The van der Waals surface area contributed by atoms with Crippen LogP contribution in [0, 0.1) is 10.1 Å². The van der Waals surface area contributed by atoms with Crippen LogP contribution in [0.5, 0.6) is 0 Å². The van der Waals surface area contributed by atoms with E-state index in [0.717, 1.165) is 6.07 Å². The Morgan fingerprint density at radius 2 is 2.20 bits per heavy atom. The van der Waals surface area contributed by atoms with Crippen molar-refractivity contribution in [2.45, 2.75) is 13.0 Å². The monoisotopic (exact) mass is 281 g/mol. The maximum atomic E-state index is 11.8. The van der Waals surface area contributed by atoms with Crippen LogP contribution >= 0.6 is 0 Å². The fourth-order valence-electron chi connectivity index (χ4n) is 1.88. The molecule has 9 heteroatoms. The first-order valence-corrected chi connectivity index (χ1v) is 5.54. The van der Waals surface area contributed by atoms with Crippen LogP contribution < -0.4 is 10.6 Å². The number of hydrogen-bond donors (Lipinski definition) is 2. The number of nitrogens with zero attached hydrogens (tertiary/aromatic N) is 1. The molecule has 9 nitrogen and oxygen atoms in total. The largest absolute Gasteiger partial charge is 0.466 e. The van der Waals surface area contributed by atoms with Crippen molar-refractivity contribution in [2.24, 2.45) is 0 Å². The van der Waals surface area contributed by atoms with E-state index in [4.69, 9.17) is 4.42 Å². The van der Waals surface area contributed by atoms with Crippen molar-refractivity contribution in [3.63, 3.8) is 0 Å². The van der Waals surface area contributed by atoms with Gasteiger partial charge in [-0.05, 0) is 13.0 Å². The van der Waals surface area contributed by atoms with Crippen molar-refractivity contribution in [1.29, 1.82) is 0 Å². The average Bonchev–Trinajstić information content (AvgIpc) is 2.86. The SMILES string of the molecule is COC(=O)C1=C(C)NC(=O)N[C@H]1c1ccc([N+](=O)[O-])o1.